The van der Waals surface area contributed by atoms with E-state index in [4.69, 9.17) is 11.6 Å². The van der Waals surface area contributed by atoms with Gasteiger partial charge in [-0.3, -0.25) is 5.10 Å². The van der Waals surface area contributed by atoms with Crippen molar-refractivity contribution in [2.45, 2.75) is 13.0 Å². The number of aromatic nitrogens is 4. The Bertz CT molecular complexity index is 492. The lowest BCUT2D eigenvalue weighted by Crippen LogP contribution is -2.31. The van der Waals surface area contributed by atoms with E-state index in [0.29, 0.717) is 5.02 Å². The van der Waals surface area contributed by atoms with Crippen LogP contribution in [0.5, 0.6) is 0 Å². The molecule has 5 nitrogen and oxygen atoms in total. The van der Waals surface area contributed by atoms with E-state index in [2.05, 4.69) is 25.1 Å². The van der Waals surface area contributed by atoms with Gasteiger partial charge in [0.05, 0.1) is 23.6 Å². The van der Waals surface area contributed by atoms with E-state index in [-0.39, 0.29) is 0 Å². The van der Waals surface area contributed by atoms with Crippen LogP contribution in [0, 0.1) is 0 Å². The van der Waals surface area contributed by atoms with Crippen molar-refractivity contribution in [2.75, 3.05) is 11.4 Å². The van der Waals surface area contributed by atoms with Crippen LogP contribution in [0.1, 0.15) is 11.3 Å². The lowest BCUT2D eigenvalue weighted by atomic mass is 10.1. The molecule has 16 heavy (non-hydrogen) atoms. The summed E-state index contributed by atoms with van der Waals surface area (Å²) in [5.41, 5.74) is 2.43. The van der Waals surface area contributed by atoms with Gasteiger partial charge < -0.3 is 4.90 Å². The maximum absolute atomic E-state index is 5.76. The zero-order valence-electron chi connectivity index (χ0n) is 8.52. The summed E-state index contributed by atoms with van der Waals surface area (Å²) in [4.78, 5) is 10.5. The number of hydrogen-bond acceptors (Lipinski definition) is 4. The number of nitrogens with one attached hydrogen (secondary N) is 1. The van der Waals surface area contributed by atoms with E-state index in [9.17, 15) is 0 Å². The number of nitrogens with zero attached hydrogens (tertiary/aromatic N) is 4. The zero-order valence-corrected chi connectivity index (χ0v) is 9.28. The van der Waals surface area contributed by atoms with Gasteiger partial charge in [-0.1, -0.05) is 11.6 Å². The van der Waals surface area contributed by atoms with E-state index in [1.54, 1.807) is 12.4 Å². The first-order chi connectivity index (χ1) is 7.83. The average molecular weight is 236 g/mol. The van der Waals surface area contributed by atoms with Crippen molar-refractivity contribution in [1.29, 1.82) is 0 Å². The monoisotopic (exact) mass is 235 g/mol. The van der Waals surface area contributed by atoms with Crippen LogP contribution in [-0.2, 0) is 13.0 Å². The van der Waals surface area contributed by atoms with E-state index in [1.807, 2.05) is 6.20 Å². The zero-order chi connectivity index (χ0) is 11.0. The van der Waals surface area contributed by atoms with Gasteiger partial charge in [-0.25, -0.2) is 9.97 Å². The van der Waals surface area contributed by atoms with Gasteiger partial charge in [0, 0.05) is 30.8 Å². The SMILES string of the molecule is Clc1cnc(N2CCc3[nH]ncc3C2)nc1. The topological polar surface area (TPSA) is 57.7 Å². The molecule has 0 unspecified atom stereocenters. The highest BCUT2D eigenvalue weighted by Gasteiger charge is 2.19. The van der Waals surface area contributed by atoms with Crippen molar-refractivity contribution in [1.82, 2.24) is 20.2 Å². The van der Waals surface area contributed by atoms with E-state index in [1.165, 1.54) is 11.3 Å². The van der Waals surface area contributed by atoms with Crippen LogP contribution in [0.25, 0.3) is 0 Å². The Labute approximate surface area is 97.5 Å². The number of fused-ring (bicyclic) bond motifs is 1. The minimum atomic E-state index is 0.560. The molecule has 1 N–H and O–H groups in total. The van der Waals surface area contributed by atoms with Crippen molar-refractivity contribution in [3.05, 3.63) is 34.9 Å². The molecule has 0 saturated carbocycles. The molecule has 0 aliphatic carbocycles. The van der Waals surface area contributed by atoms with Crippen molar-refractivity contribution >= 4 is 17.5 Å². The van der Waals surface area contributed by atoms with Gasteiger partial charge in [0.2, 0.25) is 5.95 Å². The molecule has 1 aliphatic heterocycles. The van der Waals surface area contributed by atoms with E-state index in [0.717, 1.165) is 25.5 Å². The van der Waals surface area contributed by atoms with Crippen molar-refractivity contribution in [3.8, 4) is 0 Å². The minimum absolute atomic E-state index is 0.560. The Morgan fingerprint density at radius 3 is 2.88 bits per heavy atom. The molecule has 0 bridgehead atoms. The first kappa shape index (κ1) is 9.59. The molecular formula is C10H10ClN5. The molecule has 0 aromatic carbocycles. The van der Waals surface area contributed by atoms with Crippen LogP contribution >= 0.6 is 11.6 Å². The highest BCUT2D eigenvalue weighted by atomic mass is 35.5. The van der Waals surface area contributed by atoms with Gasteiger partial charge in [-0.15, -0.1) is 0 Å². The number of halogens is 1. The second-order valence-electron chi connectivity index (χ2n) is 3.75. The maximum Gasteiger partial charge on any atom is 0.225 e. The Hall–Kier alpha value is -1.62. The first-order valence-electron chi connectivity index (χ1n) is 5.06. The van der Waals surface area contributed by atoms with Gasteiger partial charge in [-0.2, -0.15) is 5.10 Å². The Balaban J connectivity index is 1.86. The van der Waals surface area contributed by atoms with Crippen LogP contribution in [0.2, 0.25) is 5.02 Å². The van der Waals surface area contributed by atoms with Crippen molar-refractivity contribution in [3.63, 3.8) is 0 Å². The maximum atomic E-state index is 5.76. The molecular weight excluding hydrogens is 226 g/mol. The molecule has 0 radical (unpaired) electrons. The normalized spacial score (nSPS) is 14.9. The summed E-state index contributed by atoms with van der Waals surface area (Å²) < 4.78 is 0. The summed E-state index contributed by atoms with van der Waals surface area (Å²) in [5.74, 6) is 0.719. The molecule has 0 fully saturated rings. The summed E-state index contributed by atoms with van der Waals surface area (Å²) >= 11 is 5.76. The molecule has 0 spiro atoms. The second kappa shape index (κ2) is 3.75. The Kier molecular flexibility index (Phi) is 2.25. The summed E-state index contributed by atoms with van der Waals surface area (Å²) in [7, 11) is 0. The molecule has 6 heteroatoms. The quantitative estimate of drug-likeness (QED) is 0.812. The first-order valence-corrected chi connectivity index (χ1v) is 5.44. The summed E-state index contributed by atoms with van der Waals surface area (Å²) in [6.07, 6.45) is 6.04. The van der Waals surface area contributed by atoms with Crippen LogP contribution in [0.4, 0.5) is 5.95 Å². The number of aromatic amines is 1. The molecule has 82 valence electrons. The van der Waals surface area contributed by atoms with Crippen LogP contribution in [0.15, 0.2) is 18.6 Å². The van der Waals surface area contributed by atoms with Gasteiger partial charge >= 0.3 is 0 Å². The lowest BCUT2D eigenvalue weighted by molar-refractivity contribution is 0.698. The van der Waals surface area contributed by atoms with Crippen LogP contribution < -0.4 is 4.90 Å². The van der Waals surface area contributed by atoms with Crippen molar-refractivity contribution in [2.24, 2.45) is 0 Å². The van der Waals surface area contributed by atoms with Gasteiger partial charge in [0.15, 0.2) is 0 Å². The predicted molar refractivity (Wildman–Crippen MR) is 60.4 cm³/mol. The fourth-order valence-electron chi connectivity index (χ4n) is 1.86. The fourth-order valence-corrected chi connectivity index (χ4v) is 1.96. The standard InChI is InChI=1S/C10H10ClN5/c11-8-4-12-10(13-5-8)16-2-1-9-7(6-16)3-14-15-9/h3-5H,1-2,6H2,(H,14,15). The Morgan fingerprint density at radius 1 is 1.25 bits per heavy atom. The van der Waals surface area contributed by atoms with Crippen LogP contribution in [0.3, 0.4) is 0 Å². The smallest absolute Gasteiger partial charge is 0.225 e. The number of rotatable bonds is 1. The number of anilines is 1. The minimum Gasteiger partial charge on any atom is -0.336 e. The molecule has 1 aliphatic rings. The molecule has 0 amide bonds. The molecule has 2 aromatic rings. The predicted octanol–water partition coefficient (Wildman–Crippen LogP) is 1.42. The molecule has 3 rings (SSSR count). The largest absolute Gasteiger partial charge is 0.336 e. The molecule has 3 heterocycles. The summed E-state index contributed by atoms with van der Waals surface area (Å²) in [6, 6.07) is 0. The summed E-state index contributed by atoms with van der Waals surface area (Å²) in [6.45, 7) is 1.70. The fraction of sp³-hybridized carbons (Fsp3) is 0.300. The Morgan fingerprint density at radius 2 is 2.06 bits per heavy atom. The second-order valence-corrected chi connectivity index (χ2v) is 4.18. The van der Waals surface area contributed by atoms with E-state index >= 15 is 0 Å². The number of H-pyrrole nitrogens is 1. The molecule has 2 aromatic heterocycles. The highest BCUT2D eigenvalue weighted by Crippen LogP contribution is 2.20. The highest BCUT2D eigenvalue weighted by molar-refractivity contribution is 6.30. The third-order valence-electron chi connectivity index (χ3n) is 2.69. The third-order valence-corrected chi connectivity index (χ3v) is 2.89. The average Bonchev–Trinajstić information content (AvgIpc) is 2.77. The van der Waals surface area contributed by atoms with Crippen molar-refractivity contribution < 1.29 is 0 Å². The molecule has 0 saturated heterocycles. The van der Waals surface area contributed by atoms with Gasteiger partial charge in [0.25, 0.3) is 0 Å². The molecule has 0 atom stereocenters. The van der Waals surface area contributed by atoms with Crippen LogP contribution in [-0.4, -0.2) is 26.7 Å². The third kappa shape index (κ3) is 1.63. The van der Waals surface area contributed by atoms with E-state index < -0.39 is 0 Å². The number of hydrogen-bond donors (Lipinski definition) is 1. The van der Waals surface area contributed by atoms with Gasteiger partial charge in [0.1, 0.15) is 0 Å². The lowest BCUT2D eigenvalue weighted by Gasteiger charge is -2.26. The summed E-state index contributed by atoms with van der Waals surface area (Å²) in [5, 5.41) is 7.59. The van der Waals surface area contributed by atoms with Gasteiger partial charge in [-0.05, 0) is 0 Å².